The molecule has 0 bridgehead atoms. The first-order valence-electron chi connectivity index (χ1n) is 9.25. The Kier molecular flexibility index (Phi) is 8.89. The molecule has 2 rings (SSSR count). The molecule has 0 unspecified atom stereocenters. The molecule has 0 atom stereocenters. The first-order chi connectivity index (χ1) is 14.3. The zero-order valence-corrected chi connectivity index (χ0v) is 18.5. The van der Waals surface area contributed by atoms with Gasteiger partial charge < -0.3 is 9.47 Å². The number of nitrogens with one attached hydrogen (secondary N) is 3. The number of carbonyl (C=O) groups is 2. The first-order valence-corrected chi connectivity index (χ1v) is 10.0. The molecule has 0 aliphatic carbocycles. The van der Waals surface area contributed by atoms with E-state index in [1.807, 2.05) is 25.1 Å². The van der Waals surface area contributed by atoms with Crippen molar-refractivity contribution < 1.29 is 19.1 Å². The van der Waals surface area contributed by atoms with Crippen molar-refractivity contribution in [2.75, 3.05) is 13.2 Å². The SMILES string of the molecule is Cc1ccc(C(C)C)c(OCC(=O)NNC(=S)NC(=O)COc2ccccc2Cl)c1. The molecule has 9 heteroatoms. The molecule has 7 nitrogen and oxygen atoms in total. The number of hydrazine groups is 1. The number of hydrogen-bond donors (Lipinski definition) is 3. The summed E-state index contributed by atoms with van der Waals surface area (Å²) in [4.78, 5) is 23.9. The number of para-hydroxylation sites is 1. The third-order valence-electron chi connectivity index (χ3n) is 3.91. The van der Waals surface area contributed by atoms with E-state index >= 15 is 0 Å². The normalized spacial score (nSPS) is 10.3. The minimum absolute atomic E-state index is 0.0745. The number of halogens is 1. The second-order valence-corrected chi connectivity index (χ2v) is 7.57. The van der Waals surface area contributed by atoms with Gasteiger partial charge in [-0.1, -0.05) is 49.7 Å². The summed E-state index contributed by atoms with van der Waals surface area (Å²) in [6, 6.07) is 12.7. The van der Waals surface area contributed by atoms with Crippen molar-refractivity contribution in [3.05, 3.63) is 58.6 Å². The maximum Gasteiger partial charge on any atom is 0.276 e. The van der Waals surface area contributed by atoms with Gasteiger partial charge in [-0.25, -0.2) is 0 Å². The topological polar surface area (TPSA) is 88.7 Å². The van der Waals surface area contributed by atoms with Gasteiger partial charge in [-0.3, -0.25) is 25.8 Å². The van der Waals surface area contributed by atoms with Crippen molar-refractivity contribution in [2.45, 2.75) is 26.7 Å². The Morgan fingerprint density at radius 2 is 1.67 bits per heavy atom. The Morgan fingerprint density at radius 3 is 2.37 bits per heavy atom. The Hall–Kier alpha value is -2.84. The third-order valence-corrected chi connectivity index (χ3v) is 4.43. The molecule has 0 aromatic heterocycles. The molecule has 3 N–H and O–H groups in total. The zero-order chi connectivity index (χ0) is 22.1. The molecule has 0 radical (unpaired) electrons. The summed E-state index contributed by atoms with van der Waals surface area (Å²) in [5.74, 6) is 0.357. The molecule has 160 valence electrons. The highest BCUT2D eigenvalue weighted by Crippen LogP contribution is 2.27. The van der Waals surface area contributed by atoms with Crippen LogP contribution in [-0.2, 0) is 9.59 Å². The zero-order valence-electron chi connectivity index (χ0n) is 17.0. The highest BCUT2D eigenvalue weighted by molar-refractivity contribution is 7.80. The molecular formula is C21H24ClN3O4S. The Bertz CT molecular complexity index is 921. The van der Waals surface area contributed by atoms with E-state index in [0.717, 1.165) is 11.1 Å². The quantitative estimate of drug-likeness (QED) is 0.444. The highest BCUT2D eigenvalue weighted by atomic mass is 35.5. The number of amides is 2. The van der Waals surface area contributed by atoms with E-state index in [0.29, 0.717) is 16.5 Å². The van der Waals surface area contributed by atoms with Gasteiger partial charge in [0.25, 0.3) is 11.8 Å². The number of ether oxygens (including phenoxy) is 2. The number of benzene rings is 2. The second kappa shape index (κ2) is 11.4. The van der Waals surface area contributed by atoms with Crippen LogP contribution in [0, 0.1) is 6.92 Å². The van der Waals surface area contributed by atoms with Crippen LogP contribution in [0.2, 0.25) is 5.02 Å². The summed E-state index contributed by atoms with van der Waals surface area (Å²) in [6.07, 6.45) is 0. The monoisotopic (exact) mass is 449 g/mol. The van der Waals surface area contributed by atoms with Gasteiger partial charge in [0.1, 0.15) is 11.5 Å². The van der Waals surface area contributed by atoms with E-state index in [-0.39, 0.29) is 24.2 Å². The lowest BCUT2D eigenvalue weighted by Crippen LogP contribution is -2.50. The lowest BCUT2D eigenvalue weighted by molar-refractivity contribution is -0.124. The minimum Gasteiger partial charge on any atom is -0.483 e. The van der Waals surface area contributed by atoms with E-state index in [4.69, 9.17) is 33.3 Å². The maximum absolute atomic E-state index is 12.0. The second-order valence-electron chi connectivity index (χ2n) is 6.75. The molecule has 0 spiro atoms. The van der Waals surface area contributed by atoms with Gasteiger partial charge in [0.15, 0.2) is 18.3 Å². The summed E-state index contributed by atoms with van der Waals surface area (Å²) in [6.45, 7) is 5.57. The summed E-state index contributed by atoms with van der Waals surface area (Å²) in [5.41, 5.74) is 6.87. The highest BCUT2D eigenvalue weighted by Gasteiger charge is 2.11. The predicted molar refractivity (Wildman–Crippen MR) is 120 cm³/mol. The Morgan fingerprint density at radius 1 is 1.00 bits per heavy atom. The van der Waals surface area contributed by atoms with E-state index in [9.17, 15) is 9.59 Å². The fraction of sp³-hybridized carbons (Fsp3) is 0.286. The third kappa shape index (κ3) is 7.53. The fourth-order valence-electron chi connectivity index (χ4n) is 2.45. The van der Waals surface area contributed by atoms with Crippen LogP contribution in [0.4, 0.5) is 0 Å². The molecule has 2 amide bonds. The van der Waals surface area contributed by atoms with Crippen LogP contribution in [0.15, 0.2) is 42.5 Å². The molecule has 2 aromatic rings. The molecule has 2 aromatic carbocycles. The van der Waals surface area contributed by atoms with Crippen LogP contribution in [-0.4, -0.2) is 30.1 Å². The van der Waals surface area contributed by atoms with Crippen LogP contribution < -0.4 is 25.6 Å². The van der Waals surface area contributed by atoms with Gasteiger partial charge in [0.05, 0.1) is 5.02 Å². The predicted octanol–water partition coefficient (Wildman–Crippen LogP) is 3.25. The standard InChI is InChI=1S/C21H24ClN3O4S/c1-13(2)15-9-8-14(3)10-18(15)29-12-20(27)24-25-21(30)23-19(26)11-28-17-7-5-4-6-16(17)22/h4-10,13H,11-12H2,1-3H3,(H,24,27)(H2,23,25,26,30). The minimum atomic E-state index is -0.501. The van der Waals surface area contributed by atoms with Crippen LogP contribution in [0.25, 0.3) is 0 Å². The lowest BCUT2D eigenvalue weighted by Gasteiger charge is -2.15. The summed E-state index contributed by atoms with van der Waals surface area (Å²) in [7, 11) is 0. The Balaban J connectivity index is 1.73. The average molecular weight is 450 g/mol. The number of carbonyl (C=O) groups excluding carboxylic acids is 2. The van der Waals surface area contributed by atoms with Crippen LogP contribution in [0.5, 0.6) is 11.5 Å². The number of thiocarbonyl (C=S) groups is 1. The summed E-state index contributed by atoms with van der Waals surface area (Å²) in [5, 5.41) is 2.71. The maximum atomic E-state index is 12.0. The van der Waals surface area contributed by atoms with Crippen molar-refractivity contribution in [1.29, 1.82) is 0 Å². The number of rotatable bonds is 7. The van der Waals surface area contributed by atoms with E-state index < -0.39 is 11.8 Å². The molecule has 0 fully saturated rings. The molecule has 30 heavy (non-hydrogen) atoms. The van der Waals surface area contributed by atoms with Gasteiger partial charge in [-0.2, -0.15) is 0 Å². The van der Waals surface area contributed by atoms with E-state index in [2.05, 4.69) is 30.0 Å². The number of hydrogen-bond acceptors (Lipinski definition) is 5. The van der Waals surface area contributed by atoms with Crippen molar-refractivity contribution in [1.82, 2.24) is 16.2 Å². The van der Waals surface area contributed by atoms with Crippen LogP contribution >= 0.6 is 23.8 Å². The van der Waals surface area contributed by atoms with Crippen LogP contribution in [0.1, 0.15) is 30.9 Å². The van der Waals surface area contributed by atoms with E-state index in [1.165, 1.54) is 0 Å². The molecule has 0 saturated heterocycles. The van der Waals surface area contributed by atoms with Crippen molar-refractivity contribution in [3.63, 3.8) is 0 Å². The smallest absolute Gasteiger partial charge is 0.276 e. The Labute approximate surface area is 186 Å². The molecule has 0 saturated carbocycles. The van der Waals surface area contributed by atoms with Gasteiger partial charge in [0.2, 0.25) is 0 Å². The molecule has 0 aliphatic heterocycles. The largest absolute Gasteiger partial charge is 0.483 e. The van der Waals surface area contributed by atoms with Gasteiger partial charge in [0, 0.05) is 0 Å². The van der Waals surface area contributed by atoms with Gasteiger partial charge in [-0.05, 0) is 54.4 Å². The summed E-state index contributed by atoms with van der Waals surface area (Å²) < 4.78 is 11.0. The van der Waals surface area contributed by atoms with Crippen LogP contribution in [0.3, 0.4) is 0 Å². The first kappa shape index (κ1) is 23.4. The van der Waals surface area contributed by atoms with Crippen molar-refractivity contribution in [2.24, 2.45) is 0 Å². The van der Waals surface area contributed by atoms with Gasteiger partial charge in [-0.15, -0.1) is 0 Å². The fourth-order valence-corrected chi connectivity index (χ4v) is 2.80. The van der Waals surface area contributed by atoms with Gasteiger partial charge >= 0.3 is 0 Å². The lowest BCUT2D eigenvalue weighted by atomic mass is 10.0. The van der Waals surface area contributed by atoms with Crippen molar-refractivity contribution in [3.8, 4) is 11.5 Å². The van der Waals surface area contributed by atoms with Crippen molar-refractivity contribution >= 4 is 40.7 Å². The average Bonchev–Trinajstić information content (AvgIpc) is 2.70. The molecule has 0 aliphatic rings. The molecule has 0 heterocycles. The number of aryl methyl sites for hydroxylation is 1. The molecular weight excluding hydrogens is 426 g/mol. The van der Waals surface area contributed by atoms with E-state index in [1.54, 1.807) is 24.3 Å². The summed E-state index contributed by atoms with van der Waals surface area (Å²) >= 11 is 10.9.